The number of carbonyl (C=O) groups excluding carboxylic acids is 3. The quantitative estimate of drug-likeness (QED) is 0.498. The maximum Gasteiger partial charge on any atom is 0.330 e. The second-order valence-corrected chi connectivity index (χ2v) is 9.02. The van der Waals surface area contributed by atoms with Gasteiger partial charge in [0.25, 0.3) is 0 Å². The molecule has 156 valence electrons. The number of nitrogens with zero attached hydrogens (tertiary/aromatic N) is 1. The van der Waals surface area contributed by atoms with Crippen LogP contribution in [0.2, 0.25) is 0 Å². The lowest BCUT2D eigenvalue weighted by atomic mass is 10.0. The van der Waals surface area contributed by atoms with Crippen molar-refractivity contribution in [3.05, 3.63) is 71.3 Å². The number of esters is 1. The number of hydrogen-bond acceptors (Lipinski definition) is 5. The van der Waals surface area contributed by atoms with Crippen LogP contribution in [-0.4, -0.2) is 41.0 Å². The van der Waals surface area contributed by atoms with Gasteiger partial charge < -0.3 is 9.64 Å². The Bertz CT molecular complexity index is 943. The van der Waals surface area contributed by atoms with Crippen molar-refractivity contribution >= 4 is 29.4 Å². The predicted octanol–water partition coefficient (Wildman–Crippen LogP) is 3.96. The number of thioether (sulfide) groups is 1. The van der Waals surface area contributed by atoms with Crippen LogP contribution in [0, 0.1) is 0 Å². The van der Waals surface area contributed by atoms with Crippen LogP contribution >= 0.6 is 11.8 Å². The lowest BCUT2D eigenvalue weighted by Gasteiger charge is -2.33. The van der Waals surface area contributed by atoms with Gasteiger partial charge in [-0.2, -0.15) is 0 Å². The molecule has 2 fully saturated rings. The maximum atomic E-state index is 12.8. The van der Waals surface area contributed by atoms with Crippen molar-refractivity contribution in [1.29, 1.82) is 0 Å². The molecule has 2 aliphatic heterocycles. The molecule has 0 aromatic heterocycles. The molecule has 4 rings (SSSR count). The van der Waals surface area contributed by atoms with E-state index in [0.29, 0.717) is 24.2 Å². The molecule has 0 bridgehead atoms. The van der Waals surface area contributed by atoms with Crippen LogP contribution in [0.4, 0.5) is 0 Å². The summed E-state index contributed by atoms with van der Waals surface area (Å²) < 4.78 is 5.36. The van der Waals surface area contributed by atoms with Gasteiger partial charge in [-0.05, 0) is 24.0 Å². The summed E-state index contributed by atoms with van der Waals surface area (Å²) in [6.07, 6.45) is 3.10. The minimum Gasteiger partial charge on any atom is -0.456 e. The van der Waals surface area contributed by atoms with E-state index in [1.807, 2.05) is 42.5 Å². The fraction of sp³-hybridized carbons (Fsp3) is 0.375. The van der Waals surface area contributed by atoms with Gasteiger partial charge in [0.05, 0.1) is 0 Å². The molecule has 0 unspecified atom stereocenters. The largest absolute Gasteiger partial charge is 0.456 e. The van der Waals surface area contributed by atoms with Crippen molar-refractivity contribution in [2.75, 3.05) is 12.4 Å². The minimum absolute atomic E-state index is 0.0383. The van der Waals surface area contributed by atoms with E-state index in [2.05, 4.69) is 6.92 Å². The van der Waals surface area contributed by atoms with Crippen LogP contribution in [0.3, 0.4) is 0 Å². The molecule has 1 amide bonds. The van der Waals surface area contributed by atoms with Gasteiger partial charge in [0.1, 0.15) is 10.9 Å². The highest BCUT2D eigenvalue weighted by Crippen LogP contribution is 2.54. The normalized spacial score (nSPS) is 22.8. The van der Waals surface area contributed by atoms with E-state index in [0.717, 1.165) is 18.4 Å². The van der Waals surface area contributed by atoms with E-state index in [-0.39, 0.29) is 18.3 Å². The summed E-state index contributed by atoms with van der Waals surface area (Å²) in [4.78, 5) is 39.0. The molecule has 2 saturated heterocycles. The number of carbonyl (C=O) groups is 3. The van der Waals surface area contributed by atoms with Crippen molar-refractivity contribution in [2.45, 2.75) is 43.5 Å². The molecule has 0 N–H and O–H groups in total. The number of aryl methyl sites for hydroxylation is 1. The van der Waals surface area contributed by atoms with Crippen molar-refractivity contribution in [3.63, 3.8) is 0 Å². The molecule has 2 aromatic carbocycles. The third-order valence-corrected chi connectivity index (χ3v) is 7.38. The number of amides is 1. The van der Waals surface area contributed by atoms with Gasteiger partial charge in [0, 0.05) is 17.7 Å². The summed E-state index contributed by atoms with van der Waals surface area (Å²) in [5.41, 5.74) is 2.73. The van der Waals surface area contributed by atoms with Gasteiger partial charge in [-0.15, -0.1) is 11.8 Å². The first-order valence-electron chi connectivity index (χ1n) is 10.4. The zero-order valence-corrected chi connectivity index (χ0v) is 17.8. The Hall–Kier alpha value is -2.60. The van der Waals surface area contributed by atoms with Crippen LogP contribution in [0.1, 0.15) is 47.7 Å². The van der Waals surface area contributed by atoms with Gasteiger partial charge >= 0.3 is 5.97 Å². The first kappa shape index (κ1) is 20.7. The lowest BCUT2D eigenvalue weighted by Crippen LogP contribution is -2.47. The van der Waals surface area contributed by atoms with Crippen molar-refractivity contribution in [2.24, 2.45) is 0 Å². The zero-order chi connectivity index (χ0) is 21.1. The standard InChI is InChI=1S/C24H25NO4S/c1-2-6-17-9-11-18(12-10-17)21(26)15-29-23(28)20-16-30-24(14-13-22(27)25(20)24)19-7-4-3-5-8-19/h3-5,7-12,20H,2,6,13-16H2,1H3/t20-,24+/m1/s1. The monoisotopic (exact) mass is 423 g/mol. The first-order chi connectivity index (χ1) is 14.5. The Morgan fingerprint density at radius 2 is 1.87 bits per heavy atom. The molecule has 5 nitrogen and oxygen atoms in total. The summed E-state index contributed by atoms with van der Waals surface area (Å²) in [5, 5.41) is 0. The number of ketones is 1. The van der Waals surface area contributed by atoms with Gasteiger partial charge in [-0.25, -0.2) is 4.79 Å². The molecule has 30 heavy (non-hydrogen) atoms. The average Bonchev–Trinajstić information content (AvgIpc) is 3.32. The lowest BCUT2D eigenvalue weighted by molar-refractivity contribution is -0.152. The summed E-state index contributed by atoms with van der Waals surface area (Å²) in [6.45, 7) is 1.80. The molecule has 2 aliphatic rings. The van der Waals surface area contributed by atoms with E-state index in [4.69, 9.17) is 4.74 Å². The van der Waals surface area contributed by atoms with E-state index in [1.54, 1.807) is 28.8 Å². The van der Waals surface area contributed by atoms with Crippen molar-refractivity contribution in [1.82, 2.24) is 4.90 Å². The number of fused-ring (bicyclic) bond motifs is 1. The zero-order valence-electron chi connectivity index (χ0n) is 17.0. The Labute approximate surface area is 180 Å². The number of hydrogen-bond donors (Lipinski definition) is 0. The van der Waals surface area contributed by atoms with Crippen molar-refractivity contribution in [3.8, 4) is 0 Å². The van der Waals surface area contributed by atoms with Gasteiger partial charge in [-0.1, -0.05) is 67.9 Å². The Balaban J connectivity index is 1.42. The Morgan fingerprint density at radius 3 is 2.57 bits per heavy atom. The molecule has 2 heterocycles. The van der Waals surface area contributed by atoms with Crippen LogP contribution < -0.4 is 0 Å². The van der Waals surface area contributed by atoms with E-state index >= 15 is 0 Å². The molecule has 0 spiro atoms. The average molecular weight is 424 g/mol. The summed E-state index contributed by atoms with van der Waals surface area (Å²) in [5.74, 6) is -0.311. The summed E-state index contributed by atoms with van der Waals surface area (Å²) >= 11 is 1.61. The molecular weight excluding hydrogens is 398 g/mol. The van der Waals surface area contributed by atoms with Gasteiger partial charge in [0.2, 0.25) is 5.91 Å². The molecular formula is C24H25NO4S. The fourth-order valence-electron chi connectivity index (χ4n) is 4.28. The highest BCUT2D eigenvalue weighted by atomic mass is 32.2. The van der Waals surface area contributed by atoms with Crippen LogP contribution in [0.5, 0.6) is 0 Å². The van der Waals surface area contributed by atoms with E-state index in [1.165, 1.54) is 5.56 Å². The third-order valence-electron chi connectivity index (χ3n) is 5.78. The van der Waals surface area contributed by atoms with Crippen LogP contribution in [0.25, 0.3) is 0 Å². The number of Topliss-reactive ketones (excluding diaryl/α,β-unsaturated/α-hetero) is 1. The SMILES string of the molecule is CCCc1ccc(C(=O)COC(=O)[C@H]2CS[C@]3(c4ccccc4)CCC(=O)N23)cc1. The second kappa shape index (κ2) is 8.64. The smallest absolute Gasteiger partial charge is 0.330 e. The number of rotatable bonds is 7. The Kier molecular flexibility index (Phi) is 5.95. The molecule has 2 aromatic rings. The molecule has 0 aliphatic carbocycles. The highest BCUT2D eigenvalue weighted by molar-refractivity contribution is 8.00. The number of ether oxygens (including phenoxy) is 1. The molecule has 6 heteroatoms. The topological polar surface area (TPSA) is 63.7 Å². The molecule has 0 radical (unpaired) electrons. The number of benzene rings is 2. The third kappa shape index (κ3) is 3.76. The van der Waals surface area contributed by atoms with Gasteiger partial charge in [-0.3, -0.25) is 9.59 Å². The Morgan fingerprint density at radius 1 is 1.13 bits per heavy atom. The van der Waals surface area contributed by atoms with Crippen molar-refractivity contribution < 1.29 is 19.1 Å². The second-order valence-electron chi connectivity index (χ2n) is 7.72. The summed E-state index contributed by atoms with van der Waals surface area (Å²) in [6, 6.07) is 16.6. The fourth-order valence-corrected chi connectivity index (χ4v) is 5.91. The van der Waals surface area contributed by atoms with E-state index < -0.39 is 16.9 Å². The first-order valence-corrected chi connectivity index (χ1v) is 11.3. The maximum absolute atomic E-state index is 12.8. The molecule has 0 saturated carbocycles. The molecule has 2 atom stereocenters. The van der Waals surface area contributed by atoms with Crippen LogP contribution in [-0.2, 0) is 25.6 Å². The van der Waals surface area contributed by atoms with Gasteiger partial charge in [0.15, 0.2) is 12.4 Å². The van der Waals surface area contributed by atoms with E-state index in [9.17, 15) is 14.4 Å². The summed E-state index contributed by atoms with van der Waals surface area (Å²) in [7, 11) is 0. The predicted molar refractivity (Wildman–Crippen MR) is 116 cm³/mol. The minimum atomic E-state index is -0.662. The highest BCUT2D eigenvalue weighted by Gasteiger charge is 2.57. The van der Waals surface area contributed by atoms with Crippen LogP contribution in [0.15, 0.2) is 54.6 Å².